The third-order valence-corrected chi connectivity index (χ3v) is 5.81. The average molecular weight is 354 g/mol. The maximum atomic E-state index is 12.8. The van der Waals surface area contributed by atoms with E-state index in [1.165, 1.54) is 5.69 Å². The number of hydrogen-bond donors (Lipinski definition) is 0. The Morgan fingerprint density at radius 1 is 1.24 bits per heavy atom. The van der Waals surface area contributed by atoms with Crippen molar-refractivity contribution < 1.29 is 4.79 Å². The Labute approximate surface area is 151 Å². The lowest BCUT2D eigenvalue weighted by molar-refractivity contribution is 0.0681. The van der Waals surface area contributed by atoms with Crippen molar-refractivity contribution in [3.63, 3.8) is 0 Å². The number of benzene rings is 1. The number of nitrogens with zero attached hydrogens (tertiary/aromatic N) is 4. The van der Waals surface area contributed by atoms with Gasteiger partial charge in [0.1, 0.15) is 0 Å². The Balaban J connectivity index is 1.39. The van der Waals surface area contributed by atoms with Crippen LogP contribution in [0.2, 0.25) is 0 Å². The molecular formula is C19H22N4OS. The molecular weight excluding hydrogens is 332 g/mol. The minimum atomic E-state index is 0.139. The molecule has 1 aromatic carbocycles. The van der Waals surface area contributed by atoms with Crippen LogP contribution in [0.4, 0.5) is 0 Å². The Morgan fingerprint density at radius 2 is 2.04 bits per heavy atom. The molecule has 0 saturated carbocycles. The van der Waals surface area contributed by atoms with Crippen molar-refractivity contribution in [1.29, 1.82) is 0 Å². The van der Waals surface area contributed by atoms with E-state index in [4.69, 9.17) is 0 Å². The molecule has 0 radical (unpaired) electrons. The minimum absolute atomic E-state index is 0.139. The maximum Gasteiger partial charge on any atom is 0.253 e. The van der Waals surface area contributed by atoms with Gasteiger partial charge in [-0.15, -0.1) is 11.3 Å². The van der Waals surface area contributed by atoms with Crippen molar-refractivity contribution in [3.8, 4) is 0 Å². The van der Waals surface area contributed by atoms with Gasteiger partial charge in [0, 0.05) is 30.9 Å². The molecule has 0 unspecified atom stereocenters. The molecule has 4 rings (SSSR count). The summed E-state index contributed by atoms with van der Waals surface area (Å²) in [6.45, 7) is 6.74. The number of carbonyl (C=O) groups is 1. The molecule has 0 atom stereocenters. The van der Waals surface area contributed by atoms with Crippen molar-refractivity contribution in [2.24, 2.45) is 5.92 Å². The fraction of sp³-hybridized carbons (Fsp3) is 0.421. The van der Waals surface area contributed by atoms with Gasteiger partial charge in [-0.3, -0.25) is 9.48 Å². The van der Waals surface area contributed by atoms with Crippen LogP contribution in [0.5, 0.6) is 0 Å². The molecule has 0 aliphatic carbocycles. The molecule has 25 heavy (non-hydrogen) atoms. The van der Waals surface area contributed by atoms with Gasteiger partial charge in [-0.2, -0.15) is 5.10 Å². The van der Waals surface area contributed by atoms with E-state index in [1.54, 1.807) is 11.3 Å². The Bertz CT molecular complexity index is 905. The monoisotopic (exact) mass is 354 g/mol. The maximum absolute atomic E-state index is 12.8. The predicted octanol–water partition coefficient (Wildman–Crippen LogP) is 3.66. The van der Waals surface area contributed by atoms with Crippen LogP contribution in [0.3, 0.4) is 0 Å². The van der Waals surface area contributed by atoms with Gasteiger partial charge in [0.2, 0.25) is 0 Å². The van der Waals surface area contributed by atoms with Crippen LogP contribution in [0.1, 0.15) is 34.6 Å². The fourth-order valence-corrected chi connectivity index (χ4v) is 4.31. The second kappa shape index (κ2) is 6.59. The number of thiazole rings is 1. The summed E-state index contributed by atoms with van der Waals surface area (Å²) >= 11 is 1.58. The van der Waals surface area contributed by atoms with Crippen molar-refractivity contribution in [1.82, 2.24) is 19.7 Å². The molecule has 1 amide bonds. The van der Waals surface area contributed by atoms with Gasteiger partial charge < -0.3 is 4.90 Å². The normalized spacial score (nSPS) is 15.8. The lowest BCUT2D eigenvalue weighted by atomic mass is 9.96. The number of rotatable bonds is 3. The molecule has 6 heteroatoms. The zero-order valence-corrected chi connectivity index (χ0v) is 15.4. The number of aromatic nitrogens is 3. The van der Waals surface area contributed by atoms with Crippen molar-refractivity contribution in [2.45, 2.75) is 33.2 Å². The van der Waals surface area contributed by atoms with Gasteiger partial charge in [-0.05, 0) is 56.9 Å². The first-order valence-electron chi connectivity index (χ1n) is 8.74. The van der Waals surface area contributed by atoms with Gasteiger partial charge in [-0.1, -0.05) is 0 Å². The van der Waals surface area contributed by atoms with Gasteiger partial charge >= 0.3 is 0 Å². The smallest absolute Gasteiger partial charge is 0.253 e. The van der Waals surface area contributed by atoms with E-state index in [-0.39, 0.29) is 5.91 Å². The van der Waals surface area contributed by atoms with E-state index < -0.39 is 0 Å². The summed E-state index contributed by atoms with van der Waals surface area (Å²) in [4.78, 5) is 19.0. The standard InChI is InChI=1S/C19H22N4OS/c1-13-9-14(2)23(21-13)11-15-5-7-22(8-6-15)19(24)16-3-4-17-18(10-16)25-12-20-17/h3-4,9-10,12,15H,5-8,11H2,1-2H3. The van der Waals surface area contributed by atoms with Crippen LogP contribution in [0.25, 0.3) is 10.2 Å². The first-order valence-corrected chi connectivity index (χ1v) is 9.62. The van der Waals surface area contributed by atoms with Crippen molar-refractivity contribution in [3.05, 3.63) is 46.7 Å². The summed E-state index contributed by atoms with van der Waals surface area (Å²) in [7, 11) is 0. The van der Waals surface area contributed by atoms with E-state index in [1.807, 2.05) is 35.5 Å². The zero-order chi connectivity index (χ0) is 17.4. The third kappa shape index (κ3) is 3.31. The van der Waals surface area contributed by atoms with Gasteiger partial charge in [-0.25, -0.2) is 4.98 Å². The molecule has 3 aromatic rings. The number of piperidine rings is 1. The lowest BCUT2D eigenvalue weighted by Crippen LogP contribution is -2.39. The number of fused-ring (bicyclic) bond motifs is 1. The van der Waals surface area contributed by atoms with Crippen LogP contribution in [-0.2, 0) is 6.54 Å². The van der Waals surface area contributed by atoms with E-state index in [9.17, 15) is 4.79 Å². The van der Waals surface area contributed by atoms with Gasteiger partial charge in [0.15, 0.2) is 0 Å². The van der Waals surface area contributed by atoms with E-state index >= 15 is 0 Å². The molecule has 130 valence electrons. The Kier molecular flexibility index (Phi) is 4.29. The summed E-state index contributed by atoms with van der Waals surface area (Å²) in [5.41, 5.74) is 5.85. The number of aryl methyl sites for hydroxylation is 2. The molecule has 0 N–H and O–H groups in total. The molecule has 1 aliphatic rings. The fourth-order valence-electron chi connectivity index (χ4n) is 3.59. The lowest BCUT2D eigenvalue weighted by Gasteiger charge is -2.32. The van der Waals surface area contributed by atoms with E-state index in [0.717, 1.165) is 53.9 Å². The number of hydrogen-bond acceptors (Lipinski definition) is 4. The summed E-state index contributed by atoms with van der Waals surface area (Å²) in [5.74, 6) is 0.728. The molecule has 1 fully saturated rings. The van der Waals surface area contributed by atoms with Gasteiger partial charge in [0.25, 0.3) is 5.91 Å². The predicted molar refractivity (Wildman–Crippen MR) is 99.9 cm³/mol. The highest BCUT2D eigenvalue weighted by Gasteiger charge is 2.24. The largest absolute Gasteiger partial charge is 0.339 e. The number of amides is 1. The number of likely N-dealkylation sites (tertiary alicyclic amines) is 1. The summed E-state index contributed by atoms with van der Waals surface area (Å²) in [5, 5.41) is 4.56. The quantitative estimate of drug-likeness (QED) is 0.721. The molecule has 5 nitrogen and oxygen atoms in total. The number of carbonyl (C=O) groups excluding carboxylic acids is 1. The van der Waals surface area contributed by atoms with Crippen molar-refractivity contribution in [2.75, 3.05) is 13.1 Å². The highest BCUT2D eigenvalue weighted by atomic mass is 32.1. The van der Waals surface area contributed by atoms with Crippen LogP contribution in [0, 0.1) is 19.8 Å². The van der Waals surface area contributed by atoms with E-state index in [2.05, 4.69) is 27.8 Å². The van der Waals surface area contributed by atoms with Crippen LogP contribution in [-0.4, -0.2) is 38.7 Å². The molecule has 0 spiro atoms. The Hall–Kier alpha value is -2.21. The van der Waals surface area contributed by atoms with Crippen LogP contribution >= 0.6 is 11.3 Å². The second-order valence-corrected chi connectivity index (χ2v) is 7.77. The Morgan fingerprint density at radius 3 is 2.76 bits per heavy atom. The average Bonchev–Trinajstić information content (AvgIpc) is 3.20. The van der Waals surface area contributed by atoms with E-state index in [0.29, 0.717) is 5.92 Å². The first-order chi connectivity index (χ1) is 12.1. The molecule has 2 aromatic heterocycles. The SMILES string of the molecule is Cc1cc(C)n(CC2CCN(C(=O)c3ccc4ncsc4c3)CC2)n1. The van der Waals surface area contributed by atoms with Crippen LogP contribution < -0.4 is 0 Å². The second-order valence-electron chi connectivity index (χ2n) is 6.88. The molecule has 0 bridgehead atoms. The summed E-state index contributed by atoms with van der Waals surface area (Å²) in [6, 6.07) is 7.92. The molecule has 3 heterocycles. The molecule has 1 saturated heterocycles. The first kappa shape index (κ1) is 16.3. The highest BCUT2D eigenvalue weighted by Crippen LogP contribution is 2.24. The third-order valence-electron chi connectivity index (χ3n) is 5.01. The highest BCUT2D eigenvalue weighted by molar-refractivity contribution is 7.16. The molecule has 1 aliphatic heterocycles. The van der Waals surface area contributed by atoms with Crippen molar-refractivity contribution >= 4 is 27.5 Å². The van der Waals surface area contributed by atoms with Gasteiger partial charge in [0.05, 0.1) is 21.4 Å². The van der Waals surface area contributed by atoms with Crippen LogP contribution in [0.15, 0.2) is 29.8 Å². The zero-order valence-electron chi connectivity index (χ0n) is 14.6. The summed E-state index contributed by atoms with van der Waals surface area (Å²) in [6.07, 6.45) is 2.07. The summed E-state index contributed by atoms with van der Waals surface area (Å²) < 4.78 is 3.18. The minimum Gasteiger partial charge on any atom is -0.339 e. The topological polar surface area (TPSA) is 51.0 Å².